The van der Waals surface area contributed by atoms with Gasteiger partial charge in [-0.1, -0.05) is 23.7 Å². The van der Waals surface area contributed by atoms with E-state index in [1.54, 1.807) is 30.5 Å². The fraction of sp³-hybridized carbons (Fsp3) is 0.133. The van der Waals surface area contributed by atoms with Crippen LogP contribution in [0.2, 0.25) is 5.02 Å². The van der Waals surface area contributed by atoms with Crippen LogP contribution in [0.15, 0.2) is 47.5 Å². The Labute approximate surface area is 117 Å². The summed E-state index contributed by atoms with van der Waals surface area (Å²) < 4.78 is 0. The molecule has 0 aliphatic carbocycles. The second-order valence-corrected chi connectivity index (χ2v) is 4.78. The van der Waals surface area contributed by atoms with Gasteiger partial charge in [0.2, 0.25) is 0 Å². The second kappa shape index (κ2) is 5.76. The normalized spacial score (nSPS) is 10.9. The fourth-order valence-corrected chi connectivity index (χ4v) is 1.88. The average Bonchev–Trinajstić information content (AvgIpc) is 2.37. The quantitative estimate of drug-likeness (QED) is 0.863. The lowest BCUT2D eigenvalue weighted by Crippen LogP contribution is -2.08. The minimum Gasteiger partial charge on any atom is -0.507 e. The molecule has 3 nitrogen and oxygen atoms in total. The van der Waals surface area contributed by atoms with Crippen molar-refractivity contribution in [1.29, 1.82) is 0 Å². The molecule has 0 radical (unpaired) electrons. The van der Waals surface area contributed by atoms with Gasteiger partial charge >= 0.3 is 0 Å². The number of hydrogen-bond donors (Lipinski definition) is 1. The number of hydrogen-bond acceptors (Lipinski definition) is 3. The number of halogens is 1. The summed E-state index contributed by atoms with van der Waals surface area (Å²) in [7, 11) is 3.89. The largest absolute Gasteiger partial charge is 0.507 e. The maximum atomic E-state index is 9.69. The molecular weight excluding hydrogens is 260 g/mol. The molecule has 0 fully saturated rings. The van der Waals surface area contributed by atoms with Gasteiger partial charge in [-0.25, -0.2) is 0 Å². The maximum absolute atomic E-state index is 9.69. The molecular formula is C15H15ClN2O. The summed E-state index contributed by atoms with van der Waals surface area (Å²) in [5, 5.41) is 10.3. The van der Waals surface area contributed by atoms with Crippen LogP contribution in [0.3, 0.4) is 0 Å². The summed E-state index contributed by atoms with van der Waals surface area (Å²) in [6.45, 7) is 0. The summed E-state index contributed by atoms with van der Waals surface area (Å²) in [4.78, 5) is 6.37. The van der Waals surface area contributed by atoms with Gasteiger partial charge in [0, 0.05) is 30.9 Å². The van der Waals surface area contributed by atoms with Crippen molar-refractivity contribution >= 4 is 29.2 Å². The zero-order valence-electron chi connectivity index (χ0n) is 10.8. The number of benzene rings is 2. The van der Waals surface area contributed by atoms with Gasteiger partial charge < -0.3 is 10.0 Å². The molecule has 0 aliphatic heterocycles. The van der Waals surface area contributed by atoms with Crippen molar-refractivity contribution in [2.24, 2.45) is 4.99 Å². The van der Waals surface area contributed by atoms with Crippen molar-refractivity contribution < 1.29 is 5.11 Å². The molecule has 2 aromatic rings. The monoisotopic (exact) mass is 274 g/mol. The molecule has 19 heavy (non-hydrogen) atoms. The highest BCUT2D eigenvalue weighted by Gasteiger charge is 2.04. The van der Waals surface area contributed by atoms with Crippen molar-refractivity contribution in [3.8, 4) is 5.75 Å². The Morgan fingerprint density at radius 3 is 2.58 bits per heavy atom. The van der Waals surface area contributed by atoms with E-state index >= 15 is 0 Å². The SMILES string of the molecule is CN(C)c1ccc(Cl)cc1N=Cc1ccccc1O. The summed E-state index contributed by atoms with van der Waals surface area (Å²) in [5.41, 5.74) is 2.41. The molecule has 0 unspecified atom stereocenters. The van der Waals surface area contributed by atoms with Gasteiger partial charge in [-0.2, -0.15) is 0 Å². The molecule has 98 valence electrons. The van der Waals surface area contributed by atoms with E-state index < -0.39 is 0 Å². The third-order valence-electron chi connectivity index (χ3n) is 2.70. The van der Waals surface area contributed by atoms with Crippen LogP contribution in [0, 0.1) is 0 Å². The molecule has 0 aliphatic rings. The standard InChI is InChI=1S/C15H15ClN2O/c1-18(2)14-8-7-12(16)9-13(14)17-10-11-5-3-4-6-15(11)19/h3-10,19H,1-2H3. The zero-order valence-corrected chi connectivity index (χ0v) is 11.6. The lowest BCUT2D eigenvalue weighted by molar-refractivity contribution is 0.474. The third kappa shape index (κ3) is 3.26. The van der Waals surface area contributed by atoms with Crippen LogP contribution in [0.1, 0.15) is 5.56 Å². The van der Waals surface area contributed by atoms with Gasteiger partial charge in [0.25, 0.3) is 0 Å². The molecule has 0 saturated carbocycles. The number of para-hydroxylation sites is 1. The predicted octanol–water partition coefficient (Wildman–Crippen LogP) is 3.86. The first kappa shape index (κ1) is 13.4. The van der Waals surface area contributed by atoms with Gasteiger partial charge in [-0.3, -0.25) is 4.99 Å². The van der Waals surface area contributed by atoms with E-state index in [9.17, 15) is 5.11 Å². The zero-order chi connectivity index (χ0) is 13.8. The van der Waals surface area contributed by atoms with Crippen molar-refractivity contribution in [1.82, 2.24) is 0 Å². The molecule has 0 amide bonds. The first-order valence-corrected chi connectivity index (χ1v) is 6.24. The molecule has 0 aromatic heterocycles. The van der Waals surface area contributed by atoms with Crippen LogP contribution < -0.4 is 4.90 Å². The topological polar surface area (TPSA) is 35.8 Å². The molecule has 0 spiro atoms. The number of nitrogens with zero attached hydrogens (tertiary/aromatic N) is 2. The number of phenols is 1. The lowest BCUT2D eigenvalue weighted by atomic mass is 10.2. The minimum absolute atomic E-state index is 0.208. The van der Waals surface area contributed by atoms with Crippen molar-refractivity contribution in [3.05, 3.63) is 53.1 Å². The van der Waals surface area contributed by atoms with Gasteiger partial charge in [0.1, 0.15) is 5.75 Å². The van der Waals surface area contributed by atoms with E-state index in [0.29, 0.717) is 10.6 Å². The van der Waals surface area contributed by atoms with Crippen LogP contribution >= 0.6 is 11.6 Å². The lowest BCUT2D eigenvalue weighted by Gasteiger charge is -2.15. The fourth-order valence-electron chi connectivity index (χ4n) is 1.71. The first-order valence-electron chi connectivity index (χ1n) is 5.87. The Hall–Kier alpha value is -2.00. The predicted molar refractivity (Wildman–Crippen MR) is 81.1 cm³/mol. The highest BCUT2D eigenvalue weighted by Crippen LogP contribution is 2.30. The first-order chi connectivity index (χ1) is 9.08. The summed E-state index contributed by atoms with van der Waals surface area (Å²) in [6, 6.07) is 12.6. The van der Waals surface area contributed by atoms with E-state index in [0.717, 1.165) is 11.4 Å². The van der Waals surface area contributed by atoms with Crippen LogP contribution in [0.5, 0.6) is 5.75 Å². The summed E-state index contributed by atoms with van der Waals surface area (Å²) in [5.74, 6) is 0.208. The van der Waals surface area contributed by atoms with E-state index in [1.807, 2.05) is 37.2 Å². The van der Waals surface area contributed by atoms with Crippen molar-refractivity contribution in [3.63, 3.8) is 0 Å². The molecule has 1 N–H and O–H groups in total. The number of phenolic OH excluding ortho intramolecular Hbond substituents is 1. The minimum atomic E-state index is 0.208. The smallest absolute Gasteiger partial charge is 0.124 e. The third-order valence-corrected chi connectivity index (χ3v) is 2.93. The molecule has 4 heteroatoms. The van der Waals surface area contributed by atoms with Crippen LogP contribution in [-0.2, 0) is 0 Å². The molecule has 0 heterocycles. The van der Waals surface area contributed by atoms with Crippen molar-refractivity contribution in [2.45, 2.75) is 0 Å². The molecule has 2 aromatic carbocycles. The number of anilines is 1. The average molecular weight is 275 g/mol. The highest BCUT2D eigenvalue weighted by molar-refractivity contribution is 6.31. The van der Waals surface area contributed by atoms with Gasteiger partial charge in [0.15, 0.2) is 0 Å². The van der Waals surface area contributed by atoms with Crippen LogP contribution in [0.25, 0.3) is 0 Å². The van der Waals surface area contributed by atoms with E-state index in [2.05, 4.69) is 4.99 Å². The van der Waals surface area contributed by atoms with Crippen LogP contribution in [0.4, 0.5) is 11.4 Å². The Morgan fingerprint density at radius 1 is 1.16 bits per heavy atom. The Balaban J connectivity index is 2.38. The summed E-state index contributed by atoms with van der Waals surface area (Å²) >= 11 is 5.99. The highest BCUT2D eigenvalue weighted by atomic mass is 35.5. The summed E-state index contributed by atoms with van der Waals surface area (Å²) in [6.07, 6.45) is 1.63. The molecule has 0 atom stereocenters. The van der Waals surface area contributed by atoms with Gasteiger partial charge in [0.05, 0.1) is 11.4 Å². The number of aromatic hydroxyl groups is 1. The Bertz CT molecular complexity index is 609. The van der Waals surface area contributed by atoms with Gasteiger partial charge in [-0.05, 0) is 30.3 Å². The van der Waals surface area contributed by atoms with E-state index in [4.69, 9.17) is 11.6 Å². The molecule has 2 rings (SSSR count). The van der Waals surface area contributed by atoms with Crippen molar-refractivity contribution in [2.75, 3.05) is 19.0 Å². The Kier molecular flexibility index (Phi) is 4.07. The molecule has 0 bridgehead atoms. The Morgan fingerprint density at radius 2 is 1.89 bits per heavy atom. The number of rotatable bonds is 3. The number of aliphatic imine (C=N–C) groups is 1. The second-order valence-electron chi connectivity index (χ2n) is 4.34. The maximum Gasteiger partial charge on any atom is 0.124 e. The van der Waals surface area contributed by atoms with E-state index in [-0.39, 0.29) is 5.75 Å². The van der Waals surface area contributed by atoms with Gasteiger partial charge in [-0.15, -0.1) is 0 Å². The van der Waals surface area contributed by atoms with Crippen LogP contribution in [-0.4, -0.2) is 25.4 Å². The van der Waals surface area contributed by atoms with E-state index in [1.165, 1.54) is 0 Å². The molecule has 0 saturated heterocycles.